The normalized spacial score (nSPS) is 19.8. The molecule has 0 radical (unpaired) electrons. The summed E-state index contributed by atoms with van der Waals surface area (Å²) in [5.41, 5.74) is 2.17. The molecule has 1 saturated heterocycles. The summed E-state index contributed by atoms with van der Waals surface area (Å²) in [4.78, 5) is 28.2. The van der Waals surface area contributed by atoms with E-state index in [1.165, 1.54) is 4.90 Å². The van der Waals surface area contributed by atoms with Crippen molar-refractivity contribution < 1.29 is 18.8 Å². The van der Waals surface area contributed by atoms with Gasteiger partial charge in [0.15, 0.2) is 11.5 Å². The smallest absolute Gasteiger partial charge is 0.276 e. The minimum atomic E-state index is -0.347. The molecule has 2 atom stereocenters. The second-order valence-electron chi connectivity index (χ2n) is 7.16. The van der Waals surface area contributed by atoms with Crippen LogP contribution in [0.25, 0.3) is 11.3 Å². The van der Waals surface area contributed by atoms with Gasteiger partial charge in [-0.25, -0.2) is 0 Å². The van der Waals surface area contributed by atoms with Gasteiger partial charge in [0.1, 0.15) is 0 Å². The summed E-state index contributed by atoms with van der Waals surface area (Å²) in [5, 5.41) is 3.87. The van der Waals surface area contributed by atoms with Gasteiger partial charge in [-0.2, -0.15) is 0 Å². The molecule has 7 nitrogen and oxygen atoms in total. The molecule has 2 aromatic rings. The van der Waals surface area contributed by atoms with Gasteiger partial charge >= 0.3 is 0 Å². The summed E-state index contributed by atoms with van der Waals surface area (Å²) >= 11 is 0. The molecule has 0 bridgehead atoms. The van der Waals surface area contributed by atoms with E-state index in [0.717, 1.165) is 11.1 Å². The van der Waals surface area contributed by atoms with Crippen LogP contribution in [0.15, 0.2) is 34.9 Å². The van der Waals surface area contributed by atoms with Crippen molar-refractivity contribution in [1.29, 1.82) is 0 Å². The van der Waals surface area contributed by atoms with Crippen LogP contribution in [0.5, 0.6) is 0 Å². The van der Waals surface area contributed by atoms with Gasteiger partial charge in [0.2, 0.25) is 5.91 Å². The third kappa shape index (κ3) is 4.54. The van der Waals surface area contributed by atoms with E-state index in [2.05, 4.69) is 5.16 Å². The van der Waals surface area contributed by atoms with Crippen LogP contribution in [0.1, 0.15) is 29.9 Å². The van der Waals surface area contributed by atoms with Crippen LogP contribution in [0, 0.1) is 6.92 Å². The van der Waals surface area contributed by atoms with E-state index in [4.69, 9.17) is 9.26 Å². The van der Waals surface area contributed by atoms with Crippen molar-refractivity contribution in [1.82, 2.24) is 15.0 Å². The zero-order chi connectivity index (χ0) is 19.6. The van der Waals surface area contributed by atoms with Gasteiger partial charge in [0.05, 0.1) is 18.8 Å². The standard InChI is InChI=1S/C20H25N3O4/c1-13-5-7-16(8-6-13)18-9-17(21-27-18)20(25)22(4)12-19(24)23-10-14(2)26-15(3)11-23/h5-9,14-15H,10-12H2,1-4H3. The Labute approximate surface area is 158 Å². The highest BCUT2D eigenvalue weighted by Gasteiger charge is 2.28. The van der Waals surface area contributed by atoms with Crippen LogP contribution in [0.2, 0.25) is 0 Å². The molecular formula is C20H25N3O4. The number of morpholine rings is 1. The number of aryl methyl sites for hydroxylation is 1. The van der Waals surface area contributed by atoms with Crippen molar-refractivity contribution in [2.75, 3.05) is 26.7 Å². The maximum absolute atomic E-state index is 12.6. The first-order chi connectivity index (χ1) is 12.8. The Bertz CT molecular complexity index is 805. The number of hydrogen-bond donors (Lipinski definition) is 0. The molecule has 1 aromatic heterocycles. The van der Waals surface area contributed by atoms with Crippen molar-refractivity contribution in [2.24, 2.45) is 0 Å². The molecule has 3 rings (SSSR count). The number of benzene rings is 1. The Kier molecular flexibility index (Phi) is 5.60. The number of carbonyl (C=O) groups is 2. The maximum atomic E-state index is 12.6. The Balaban J connectivity index is 1.63. The minimum Gasteiger partial charge on any atom is -0.372 e. The Morgan fingerprint density at radius 2 is 1.81 bits per heavy atom. The van der Waals surface area contributed by atoms with Gasteiger partial charge in [-0.1, -0.05) is 35.0 Å². The van der Waals surface area contributed by atoms with Crippen LogP contribution in [0.3, 0.4) is 0 Å². The van der Waals surface area contributed by atoms with Gasteiger partial charge in [0.25, 0.3) is 5.91 Å². The lowest BCUT2D eigenvalue weighted by Crippen LogP contribution is -2.51. The SMILES string of the molecule is Cc1ccc(-c2cc(C(=O)N(C)CC(=O)N3CC(C)OC(C)C3)no2)cc1. The second-order valence-corrected chi connectivity index (χ2v) is 7.16. The summed E-state index contributed by atoms with van der Waals surface area (Å²) in [6.45, 7) is 6.94. The molecule has 0 spiro atoms. The summed E-state index contributed by atoms with van der Waals surface area (Å²) in [5.74, 6) is 0.0730. The Hall–Kier alpha value is -2.67. The minimum absolute atomic E-state index is 0.00804. The maximum Gasteiger partial charge on any atom is 0.276 e. The average Bonchev–Trinajstić information content (AvgIpc) is 3.10. The van der Waals surface area contributed by atoms with Crippen LogP contribution in [-0.4, -0.2) is 65.7 Å². The quantitative estimate of drug-likeness (QED) is 0.825. The molecule has 1 aromatic carbocycles. The van der Waals surface area contributed by atoms with Crippen molar-refractivity contribution in [3.63, 3.8) is 0 Å². The highest BCUT2D eigenvalue weighted by molar-refractivity contribution is 5.95. The molecule has 2 amide bonds. The predicted molar refractivity (Wildman–Crippen MR) is 100 cm³/mol. The lowest BCUT2D eigenvalue weighted by molar-refractivity contribution is -0.143. The summed E-state index contributed by atoms with van der Waals surface area (Å²) in [6, 6.07) is 9.37. The fraction of sp³-hybridized carbons (Fsp3) is 0.450. The second kappa shape index (κ2) is 7.92. The number of amides is 2. The number of ether oxygens (including phenoxy) is 1. The largest absolute Gasteiger partial charge is 0.372 e. The first kappa shape index (κ1) is 19.1. The molecule has 0 saturated carbocycles. The fourth-order valence-corrected chi connectivity index (χ4v) is 3.18. The van der Waals surface area contributed by atoms with Crippen LogP contribution < -0.4 is 0 Å². The number of rotatable bonds is 4. The summed E-state index contributed by atoms with van der Waals surface area (Å²) < 4.78 is 10.9. The molecule has 144 valence electrons. The van der Waals surface area contributed by atoms with Gasteiger partial charge in [0, 0.05) is 31.8 Å². The topological polar surface area (TPSA) is 75.9 Å². The molecular weight excluding hydrogens is 346 g/mol. The third-order valence-corrected chi connectivity index (χ3v) is 4.56. The Morgan fingerprint density at radius 1 is 1.19 bits per heavy atom. The van der Waals surface area contributed by atoms with E-state index in [-0.39, 0.29) is 36.3 Å². The molecule has 2 heterocycles. The van der Waals surface area contributed by atoms with Crippen LogP contribution in [-0.2, 0) is 9.53 Å². The van der Waals surface area contributed by atoms with E-state index in [1.807, 2.05) is 45.0 Å². The molecule has 1 aliphatic heterocycles. The van der Waals surface area contributed by atoms with Crippen molar-refractivity contribution in [2.45, 2.75) is 33.0 Å². The fourth-order valence-electron chi connectivity index (χ4n) is 3.18. The van der Waals surface area contributed by atoms with Crippen LogP contribution >= 0.6 is 0 Å². The van der Waals surface area contributed by atoms with Crippen molar-refractivity contribution >= 4 is 11.8 Å². The van der Waals surface area contributed by atoms with E-state index in [9.17, 15) is 9.59 Å². The van der Waals surface area contributed by atoms with E-state index < -0.39 is 0 Å². The highest BCUT2D eigenvalue weighted by atomic mass is 16.5. The number of aromatic nitrogens is 1. The number of likely N-dealkylation sites (N-methyl/N-ethyl adjacent to an activating group) is 1. The lowest BCUT2D eigenvalue weighted by atomic mass is 10.1. The van der Waals surface area contributed by atoms with Gasteiger partial charge in [-0.15, -0.1) is 0 Å². The van der Waals surface area contributed by atoms with Gasteiger partial charge < -0.3 is 19.1 Å². The lowest BCUT2D eigenvalue weighted by Gasteiger charge is -2.36. The molecule has 0 aliphatic carbocycles. The molecule has 27 heavy (non-hydrogen) atoms. The number of hydrogen-bond acceptors (Lipinski definition) is 5. The summed E-state index contributed by atoms with van der Waals surface area (Å²) in [7, 11) is 1.59. The first-order valence-corrected chi connectivity index (χ1v) is 9.06. The van der Waals surface area contributed by atoms with E-state index in [0.29, 0.717) is 18.8 Å². The predicted octanol–water partition coefficient (Wildman–Crippen LogP) is 2.36. The Morgan fingerprint density at radius 3 is 2.44 bits per heavy atom. The molecule has 1 aliphatic rings. The molecule has 0 N–H and O–H groups in total. The monoisotopic (exact) mass is 371 g/mol. The number of nitrogens with zero attached hydrogens (tertiary/aromatic N) is 3. The van der Waals surface area contributed by atoms with Crippen molar-refractivity contribution in [3.05, 3.63) is 41.6 Å². The zero-order valence-corrected chi connectivity index (χ0v) is 16.1. The zero-order valence-electron chi connectivity index (χ0n) is 16.1. The molecule has 2 unspecified atom stereocenters. The van der Waals surface area contributed by atoms with Crippen molar-refractivity contribution in [3.8, 4) is 11.3 Å². The summed E-state index contributed by atoms with van der Waals surface area (Å²) in [6.07, 6.45) is -0.0161. The highest BCUT2D eigenvalue weighted by Crippen LogP contribution is 2.21. The molecule has 1 fully saturated rings. The van der Waals surface area contributed by atoms with Gasteiger partial charge in [-0.3, -0.25) is 9.59 Å². The van der Waals surface area contributed by atoms with Gasteiger partial charge in [-0.05, 0) is 20.8 Å². The third-order valence-electron chi connectivity index (χ3n) is 4.56. The number of carbonyl (C=O) groups excluding carboxylic acids is 2. The first-order valence-electron chi connectivity index (χ1n) is 9.06. The molecule has 7 heteroatoms. The van der Waals surface area contributed by atoms with Crippen LogP contribution in [0.4, 0.5) is 0 Å². The average molecular weight is 371 g/mol. The van der Waals surface area contributed by atoms with E-state index >= 15 is 0 Å². The van der Waals surface area contributed by atoms with E-state index in [1.54, 1.807) is 18.0 Å².